The van der Waals surface area contributed by atoms with E-state index in [4.69, 9.17) is 9.47 Å². The molecule has 0 atom stereocenters. The predicted octanol–water partition coefficient (Wildman–Crippen LogP) is 2.72. The van der Waals surface area contributed by atoms with Crippen LogP contribution < -0.4 is 4.74 Å². The van der Waals surface area contributed by atoms with E-state index in [0.29, 0.717) is 13.1 Å². The van der Waals surface area contributed by atoms with Gasteiger partial charge < -0.3 is 14.4 Å². The second-order valence-electron chi connectivity index (χ2n) is 5.80. The van der Waals surface area contributed by atoms with E-state index < -0.39 is 5.60 Å². The number of carbonyl (C=O) groups excluding carboxylic acids is 1. The Hall–Kier alpha value is -2.04. The van der Waals surface area contributed by atoms with Gasteiger partial charge in [-0.15, -0.1) is 0 Å². The molecule has 1 fully saturated rings. The Morgan fingerprint density at radius 2 is 2.05 bits per heavy atom. The van der Waals surface area contributed by atoms with Gasteiger partial charge in [0.05, 0.1) is 13.3 Å². The van der Waals surface area contributed by atoms with Gasteiger partial charge in [-0.05, 0) is 38.0 Å². The number of nitrogens with zero attached hydrogens (tertiary/aromatic N) is 2. The summed E-state index contributed by atoms with van der Waals surface area (Å²) in [4.78, 5) is 17.5. The minimum absolute atomic E-state index is 0.265. The summed E-state index contributed by atoms with van der Waals surface area (Å²) in [5.74, 6) is 0.725. The number of ether oxygens (including phenoxy) is 2. The van der Waals surface area contributed by atoms with Gasteiger partial charge in [0, 0.05) is 19.3 Å². The quantitative estimate of drug-likeness (QED) is 0.833. The van der Waals surface area contributed by atoms with Crippen molar-refractivity contribution in [3.63, 3.8) is 0 Å². The molecule has 1 aliphatic heterocycles. The molecule has 20 heavy (non-hydrogen) atoms. The first kappa shape index (κ1) is 14.4. The highest BCUT2D eigenvalue weighted by atomic mass is 16.6. The van der Waals surface area contributed by atoms with Crippen LogP contribution in [0.25, 0.3) is 6.08 Å². The van der Waals surface area contributed by atoms with Crippen molar-refractivity contribution in [2.75, 3.05) is 20.2 Å². The first-order chi connectivity index (χ1) is 9.37. The SMILES string of the molecule is COc1cncc(C=C2CN(C(=O)OC(C)(C)C)C2)c1. The number of likely N-dealkylation sites (tertiary alicyclic amines) is 1. The molecule has 1 amide bonds. The summed E-state index contributed by atoms with van der Waals surface area (Å²) in [6.45, 7) is 6.80. The van der Waals surface area contributed by atoms with Crippen LogP contribution in [0.3, 0.4) is 0 Å². The van der Waals surface area contributed by atoms with Gasteiger partial charge in [-0.25, -0.2) is 4.79 Å². The average molecular weight is 276 g/mol. The number of pyridine rings is 1. The van der Waals surface area contributed by atoms with Crippen LogP contribution in [-0.4, -0.2) is 41.8 Å². The van der Waals surface area contributed by atoms with E-state index in [1.807, 2.05) is 32.9 Å². The Kier molecular flexibility index (Phi) is 3.97. The van der Waals surface area contributed by atoms with Crippen LogP contribution in [0.1, 0.15) is 26.3 Å². The van der Waals surface area contributed by atoms with Crippen LogP contribution in [0.4, 0.5) is 4.79 Å². The summed E-state index contributed by atoms with van der Waals surface area (Å²) < 4.78 is 10.4. The first-order valence-corrected chi connectivity index (χ1v) is 6.54. The number of amides is 1. The molecule has 2 heterocycles. The van der Waals surface area contributed by atoms with Gasteiger partial charge in [-0.2, -0.15) is 0 Å². The molecule has 0 saturated carbocycles. The highest BCUT2D eigenvalue weighted by molar-refractivity contribution is 5.72. The zero-order chi connectivity index (χ0) is 14.8. The number of hydrogen-bond acceptors (Lipinski definition) is 4. The number of methoxy groups -OCH3 is 1. The van der Waals surface area contributed by atoms with Crippen LogP contribution in [0.15, 0.2) is 24.0 Å². The van der Waals surface area contributed by atoms with Crippen molar-refractivity contribution >= 4 is 12.2 Å². The van der Waals surface area contributed by atoms with E-state index in [1.54, 1.807) is 24.4 Å². The third kappa shape index (κ3) is 3.73. The average Bonchev–Trinajstić information content (AvgIpc) is 2.31. The lowest BCUT2D eigenvalue weighted by Crippen LogP contribution is -2.46. The molecule has 0 radical (unpaired) electrons. The zero-order valence-corrected chi connectivity index (χ0v) is 12.3. The summed E-state index contributed by atoms with van der Waals surface area (Å²) >= 11 is 0. The van der Waals surface area contributed by atoms with E-state index in [2.05, 4.69) is 4.98 Å². The summed E-state index contributed by atoms with van der Waals surface area (Å²) in [5.41, 5.74) is 1.70. The van der Waals surface area contributed by atoms with Crippen molar-refractivity contribution < 1.29 is 14.3 Å². The van der Waals surface area contributed by atoms with E-state index in [9.17, 15) is 4.79 Å². The monoisotopic (exact) mass is 276 g/mol. The van der Waals surface area contributed by atoms with E-state index in [1.165, 1.54) is 5.57 Å². The van der Waals surface area contributed by atoms with Gasteiger partial charge in [0.25, 0.3) is 0 Å². The standard InChI is InChI=1S/C15H20N2O3/c1-15(2,3)20-14(18)17-9-12(10-17)5-11-6-13(19-4)8-16-7-11/h5-8H,9-10H2,1-4H3. The minimum Gasteiger partial charge on any atom is -0.495 e. The highest BCUT2D eigenvalue weighted by Crippen LogP contribution is 2.22. The fourth-order valence-electron chi connectivity index (χ4n) is 1.85. The molecule has 1 saturated heterocycles. The Morgan fingerprint density at radius 3 is 2.65 bits per heavy atom. The van der Waals surface area contributed by atoms with Gasteiger partial charge in [-0.1, -0.05) is 6.08 Å². The Labute approximate surface area is 119 Å². The van der Waals surface area contributed by atoms with Crippen molar-refractivity contribution in [1.82, 2.24) is 9.88 Å². The fourth-order valence-corrected chi connectivity index (χ4v) is 1.85. The molecule has 0 bridgehead atoms. The van der Waals surface area contributed by atoms with Crippen LogP contribution in [-0.2, 0) is 4.74 Å². The van der Waals surface area contributed by atoms with Gasteiger partial charge in [0.2, 0.25) is 0 Å². The zero-order valence-electron chi connectivity index (χ0n) is 12.3. The van der Waals surface area contributed by atoms with Gasteiger partial charge >= 0.3 is 6.09 Å². The molecule has 5 nitrogen and oxygen atoms in total. The number of aromatic nitrogens is 1. The molecule has 1 aromatic rings. The minimum atomic E-state index is -0.451. The maximum atomic E-state index is 11.8. The molecule has 1 aliphatic rings. The summed E-state index contributed by atoms with van der Waals surface area (Å²) in [5, 5.41) is 0. The highest BCUT2D eigenvalue weighted by Gasteiger charge is 2.29. The summed E-state index contributed by atoms with van der Waals surface area (Å²) in [6.07, 6.45) is 5.19. The van der Waals surface area contributed by atoms with Crippen LogP contribution in [0.2, 0.25) is 0 Å². The normalized spacial score (nSPS) is 14.6. The molecule has 0 aliphatic carbocycles. The molecule has 108 valence electrons. The summed E-state index contributed by atoms with van der Waals surface area (Å²) in [7, 11) is 1.61. The molecule has 5 heteroatoms. The molecule has 0 aromatic carbocycles. The Balaban J connectivity index is 1.92. The smallest absolute Gasteiger partial charge is 0.410 e. The van der Waals surface area contributed by atoms with Crippen LogP contribution in [0.5, 0.6) is 5.75 Å². The second kappa shape index (κ2) is 5.53. The molecule has 0 unspecified atom stereocenters. The van der Waals surface area contributed by atoms with Crippen LogP contribution in [0, 0.1) is 0 Å². The van der Waals surface area contributed by atoms with Crippen molar-refractivity contribution in [3.8, 4) is 5.75 Å². The topological polar surface area (TPSA) is 51.7 Å². The number of rotatable bonds is 2. The maximum Gasteiger partial charge on any atom is 0.410 e. The third-order valence-corrected chi connectivity index (χ3v) is 2.78. The van der Waals surface area contributed by atoms with Crippen molar-refractivity contribution in [2.45, 2.75) is 26.4 Å². The van der Waals surface area contributed by atoms with Gasteiger partial charge in [0.15, 0.2) is 0 Å². The Morgan fingerprint density at radius 1 is 1.35 bits per heavy atom. The largest absolute Gasteiger partial charge is 0.495 e. The molecule has 0 N–H and O–H groups in total. The van der Waals surface area contributed by atoms with E-state index in [0.717, 1.165) is 11.3 Å². The van der Waals surface area contributed by atoms with Crippen molar-refractivity contribution in [3.05, 3.63) is 29.6 Å². The summed E-state index contributed by atoms with van der Waals surface area (Å²) in [6, 6.07) is 1.91. The Bertz CT molecular complexity index is 524. The van der Waals surface area contributed by atoms with Gasteiger partial charge in [-0.3, -0.25) is 4.98 Å². The number of hydrogen-bond donors (Lipinski definition) is 0. The lowest BCUT2D eigenvalue weighted by Gasteiger charge is -2.35. The lowest BCUT2D eigenvalue weighted by molar-refractivity contribution is 0.0216. The maximum absolute atomic E-state index is 11.8. The molecule has 1 aromatic heterocycles. The van der Waals surface area contributed by atoms with E-state index >= 15 is 0 Å². The first-order valence-electron chi connectivity index (χ1n) is 6.54. The second-order valence-corrected chi connectivity index (χ2v) is 5.80. The van der Waals surface area contributed by atoms with Crippen LogP contribution >= 0.6 is 0 Å². The third-order valence-electron chi connectivity index (χ3n) is 2.78. The van der Waals surface area contributed by atoms with Crippen molar-refractivity contribution in [1.29, 1.82) is 0 Å². The molecule has 2 rings (SSSR count). The molecular formula is C15H20N2O3. The van der Waals surface area contributed by atoms with Crippen molar-refractivity contribution in [2.24, 2.45) is 0 Å². The molecular weight excluding hydrogens is 256 g/mol. The molecule has 0 spiro atoms. The van der Waals surface area contributed by atoms with E-state index in [-0.39, 0.29) is 6.09 Å². The number of carbonyl (C=O) groups is 1. The predicted molar refractivity (Wildman–Crippen MR) is 76.6 cm³/mol. The van der Waals surface area contributed by atoms with Gasteiger partial charge in [0.1, 0.15) is 11.4 Å². The fraction of sp³-hybridized carbons (Fsp3) is 0.467. The lowest BCUT2D eigenvalue weighted by atomic mass is 10.1.